The lowest BCUT2D eigenvalue weighted by atomic mass is 10.3. The topological polar surface area (TPSA) is 23.8 Å². The van der Waals surface area contributed by atoms with Crippen LogP contribution in [0.1, 0.15) is 19.8 Å². The second kappa shape index (κ2) is 18.8. The molecule has 1 heteroatoms. The molecule has 0 spiro atoms. The predicted octanol–water partition coefficient (Wildman–Crippen LogP) is 2.07. The lowest BCUT2D eigenvalue weighted by Crippen LogP contribution is -1.52. The summed E-state index contributed by atoms with van der Waals surface area (Å²) in [6, 6.07) is 0. The summed E-state index contributed by atoms with van der Waals surface area (Å²) in [6.07, 6.45) is 4.31. The Bertz CT molecular complexity index is 45.4. The molecule has 0 heterocycles. The second-order valence-corrected chi connectivity index (χ2v) is 1.08. The van der Waals surface area contributed by atoms with E-state index < -0.39 is 0 Å². The summed E-state index contributed by atoms with van der Waals surface area (Å²) in [4.78, 5) is 0. The van der Waals surface area contributed by atoms with Crippen molar-refractivity contribution in [3.63, 3.8) is 0 Å². The van der Waals surface area contributed by atoms with E-state index in [9.17, 15) is 0 Å². The van der Waals surface area contributed by atoms with E-state index in [0.717, 1.165) is 6.42 Å². The minimum absolute atomic E-state index is 1.15. The highest BCUT2D eigenvalue weighted by atomic mass is 14.2. The third kappa shape index (κ3) is 36.1. The summed E-state index contributed by atoms with van der Waals surface area (Å²) in [7, 11) is 0. The standard InChI is InChI=1S/C5H10.CN/c1-3-5-4-2;1-2/h3H,1,4-5H2,2H3;/q;-1. The Morgan fingerprint density at radius 1 is 1.71 bits per heavy atom. The zero-order valence-corrected chi connectivity index (χ0v) is 4.65. The van der Waals surface area contributed by atoms with Gasteiger partial charge in [-0.2, -0.15) is 0 Å². The third-order valence-electron chi connectivity index (χ3n) is 0.493. The van der Waals surface area contributed by atoms with Crippen molar-refractivity contribution in [3.05, 3.63) is 19.2 Å². The number of rotatable bonds is 2. The van der Waals surface area contributed by atoms with E-state index in [-0.39, 0.29) is 0 Å². The van der Waals surface area contributed by atoms with E-state index in [1.165, 1.54) is 6.42 Å². The van der Waals surface area contributed by atoms with Crippen molar-refractivity contribution in [1.29, 1.82) is 5.26 Å². The number of allylic oxidation sites excluding steroid dienone is 1. The smallest absolute Gasteiger partial charge is 0.0356 e. The third-order valence-corrected chi connectivity index (χ3v) is 0.493. The van der Waals surface area contributed by atoms with Crippen molar-refractivity contribution in [2.75, 3.05) is 0 Å². The Labute approximate surface area is 45.3 Å². The number of nitrogens with zero attached hydrogens (tertiary/aromatic N) is 1. The van der Waals surface area contributed by atoms with Crippen LogP contribution in [0.4, 0.5) is 0 Å². The quantitative estimate of drug-likeness (QED) is 0.381. The van der Waals surface area contributed by atoms with Gasteiger partial charge in [0, 0.05) is 0 Å². The fourth-order valence-corrected chi connectivity index (χ4v) is 0.204. The van der Waals surface area contributed by atoms with Gasteiger partial charge in [-0.25, -0.2) is 0 Å². The molecule has 1 nitrogen and oxygen atoms in total. The van der Waals surface area contributed by atoms with Gasteiger partial charge in [-0.15, -0.1) is 6.58 Å². The zero-order chi connectivity index (χ0) is 6.12. The zero-order valence-electron chi connectivity index (χ0n) is 4.65. The Morgan fingerprint density at radius 2 is 2.14 bits per heavy atom. The van der Waals surface area contributed by atoms with Crippen LogP contribution in [0.2, 0.25) is 0 Å². The molecule has 0 aromatic rings. The summed E-state index contributed by atoms with van der Waals surface area (Å²) in [5, 5.41) is 6.25. The van der Waals surface area contributed by atoms with E-state index in [1.807, 2.05) is 6.08 Å². The summed E-state index contributed by atoms with van der Waals surface area (Å²) < 4.78 is 0. The van der Waals surface area contributed by atoms with Crippen molar-refractivity contribution in [2.45, 2.75) is 19.8 Å². The van der Waals surface area contributed by atoms with Crippen LogP contribution in [0, 0.1) is 11.8 Å². The van der Waals surface area contributed by atoms with Crippen LogP contribution in [0.5, 0.6) is 0 Å². The van der Waals surface area contributed by atoms with Gasteiger partial charge in [0.25, 0.3) is 0 Å². The van der Waals surface area contributed by atoms with Crippen LogP contribution < -0.4 is 0 Å². The molecule has 0 fully saturated rings. The summed E-state index contributed by atoms with van der Waals surface area (Å²) in [5.41, 5.74) is 0. The minimum atomic E-state index is 1.15. The van der Waals surface area contributed by atoms with Crippen LogP contribution in [-0.4, -0.2) is 0 Å². The lowest BCUT2D eigenvalue weighted by molar-refractivity contribution is 0.961. The number of unbranched alkanes of at least 4 members (excludes halogenated alkanes) is 1. The lowest BCUT2D eigenvalue weighted by Gasteiger charge is -1.72. The molecule has 0 aromatic heterocycles. The summed E-state index contributed by atoms with van der Waals surface area (Å²) in [5.74, 6) is 0. The molecular weight excluding hydrogens is 86.1 g/mol. The van der Waals surface area contributed by atoms with E-state index in [1.54, 1.807) is 0 Å². The van der Waals surface area contributed by atoms with Gasteiger partial charge in [0.05, 0.1) is 0 Å². The van der Waals surface area contributed by atoms with Crippen molar-refractivity contribution in [1.82, 2.24) is 0 Å². The predicted molar refractivity (Wildman–Crippen MR) is 30.1 cm³/mol. The van der Waals surface area contributed by atoms with Crippen LogP contribution in [0.25, 0.3) is 0 Å². The van der Waals surface area contributed by atoms with Gasteiger partial charge >= 0.3 is 0 Å². The molecule has 7 heavy (non-hydrogen) atoms. The number of hydrogen-bond donors (Lipinski definition) is 0. The van der Waals surface area contributed by atoms with Crippen molar-refractivity contribution in [2.24, 2.45) is 0 Å². The van der Waals surface area contributed by atoms with Crippen LogP contribution in [0.15, 0.2) is 12.7 Å². The Hall–Kier alpha value is -0.770. The molecule has 0 bridgehead atoms. The van der Waals surface area contributed by atoms with E-state index in [2.05, 4.69) is 13.5 Å². The van der Waals surface area contributed by atoms with Gasteiger partial charge in [0.15, 0.2) is 0 Å². The van der Waals surface area contributed by atoms with Gasteiger partial charge in [-0.05, 0) is 6.42 Å². The second-order valence-electron chi connectivity index (χ2n) is 1.08. The largest absolute Gasteiger partial charge is 0.512 e. The van der Waals surface area contributed by atoms with Crippen LogP contribution in [-0.2, 0) is 0 Å². The first-order valence-corrected chi connectivity index (χ1v) is 2.25. The van der Waals surface area contributed by atoms with Gasteiger partial charge in [0.2, 0.25) is 0 Å². The molecule has 0 saturated carbocycles. The average molecular weight is 96.2 g/mol. The van der Waals surface area contributed by atoms with Gasteiger partial charge < -0.3 is 11.8 Å². The highest BCUT2D eigenvalue weighted by Crippen LogP contribution is 1.82. The van der Waals surface area contributed by atoms with Crippen LogP contribution in [0.3, 0.4) is 0 Å². The Kier molecular flexibility index (Phi) is 25.6. The molecule has 40 valence electrons. The maximum atomic E-state index is 6.25. The van der Waals surface area contributed by atoms with Crippen LogP contribution >= 0.6 is 0 Å². The SMILES string of the molecule is C=CCCC.[C-]#N. The maximum absolute atomic E-state index is 6.25. The van der Waals surface area contributed by atoms with E-state index in [4.69, 9.17) is 11.8 Å². The van der Waals surface area contributed by atoms with Crippen molar-refractivity contribution in [3.8, 4) is 0 Å². The normalized spacial score (nSPS) is 5.57. The van der Waals surface area contributed by atoms with E-state index >= 15 is 0 Å². The number of hydrogen-bond acceptors (Lipinski definition) is 1. The van der Waals surface area contributed by atoms with Crippen molar-refractivity contribution >= 4 is 0 Å². The molecule has 0 N–H and O–H groups in total. The molecule has 0 aliphatic rings. The average Bonchev–Trinajstić information content (AvgIpc) is 1.75. The maximum Gasteiger partial charge on any atom is -0.0356 e. The minimum Gasteiger partial charge on any atom is -0.512 e. The van der Waals surface area contributed by atoms with Crippen molar-refractivity contribution < 1.29 is 0 Å². The fraction of sp³-hybridized carbons (Fsp3) is 0.500. The first-order chi connectivity index (χ1) is 3.41. The molecule has 0 aromatic carbocycles. The monoisotopic (exact) mass is 96.1 g/mol. The Balaban J connectivity index is 0. The molecule has 0 atom stereocenters. The first kappa shape index (κ1) is 9.52. The molecule has 0 aliphatic carbocycles. The highest BCUT2D eigenvalue weighted by molar-refractivity contribution is 4.63. The molecule has 0 unspecified atom stereocenters. The van der Waals surface area contributed by atoms with Gasteiger partial charge in [-0.1, -0.05) is 19.4 Å². The molecule has 0 radical (unpaired) electrons. The van der Waals surface area contributed by atoms with Gasteiger partial charge in [0.1, 0.15) is 0 Å². The molecule has 0 saturated heterocycles. The molecule has 0 amide bonds. The summed E-state index contributed by atoms with van der Waals surface area (Å²) in [6.45, 7) is 10.4. The summed E-state index contributed by atoms with van der Waals surface area (Å²) >= 11 is 0. The van der Waals surface area contributed by atoms with E-state index in [0.29, 0.717) is 0 Å². The molecular formula is C6H10N-. The molecule has 0 rings (SSSR count). The fourth-order valence-electron chi connectivity index (χ4n) is 0.204. The van der Waals surface area contributed by atoms with Gasteiger partial charge in [-0.3, -0.25) is 0 Å². The molecule has 0 aliphatic heterocycles. The first-order valence-electron chi connectivity index (χ1n) is 2.25. The highest BCUT2D eigenvalue weighted by Gasteiger charge is 1.61. The Morgan fingerprint density at radius 3 is 2.14 bits per heavy atom.